The molecule has 6 nitrogen and oxygen atoms in total. The highest BCUT2D eigenvalue weighted by Crippen LogP contribution is 2.04. The second-order valence-electron chi connectivity index (χ2n) is 6.59. The smallest absolute Gasteiger partial charge is 0.407 e. The first kappa shape index (κ1) is 20.8. The largest absolute Gasteiger partial charge is 0.445 e. The molecular weight excluding hydrogens is 378 g/mol. The molecule has 0 unspecified atom stereocenters. The summed E-state index contributed by atoms with van der Waals surface area (Å²) in [5, 5.41) is 6.81. The molecule has 3 aromatic carbocycles. The van der Waals surface area contributed by atoms with Crippen LogP contribution < -0.4 is 10.7 Å². The maximum Gasteiger partial charge on any atom is 0.407 e. The molecule has 0 heterocycles. The number of nitrogens with zero attached hydrogens (tertiary/aromatic N) is 1. The lowest BCUT2D eigenvalue weighted by Crippen LogP contribution is -2.38. The molecule has 1 atom stereocenters. The van der Waals surface area contributed by atoms with Crippen LogP contribution in [0.1, 0.15) is 21.5 Å². The molecule has 0 aliphatic carbocycles. The minimum absolute atomic E-state index is 0.173. The molecule has 3 aromatic rings. The van der Waals surface area contributed by atoms with Gasteiger partial charge in [-0.3, -0.25) is 4.79 Å². The van der Waals surface area contributed by atoms with E-state index in [4.69, 9.17) is 4.74 Å². The zero-order chi connectivity index (χ0) is 21.0. The third-order valence-corrected chi connectivity index (χ3v) is 4.27. The highest BCUT2D eigenvalue weighted by molar-refractivity contribution is 5.94. The maximum absolute atomic E-state index is 12.3. The predicted molar refractivity (Wildman–Crippen MR) is 116 cm³/mol. The molecule has 0 fully saturated rings. The molecule has 3 rings (SSSR count). The quantitative estimate of drug-likeness (QED) is 0.443. The Morgan fingerprint density at radius 3 is 2.03 bits per heavy atom. The average Bonchev–Trinajstić information content (AvgIpc) is 2.79. The van der Waals surface area contributed by atoms with E-state index in [1.165, 1.54) is 6.21 Å². The van der Waals surface area contributed by atoms with Crippen LogP contribution in [-0.2, 0) is 17.8 Å². The number of alkyl carbamates (subject to hydrolysis) is 1. The summed E-state index contributed by atoms with van der Waals surface area (Å²) in [6.45, 7) is 0.173. The van der Waals surface area contributed by atoms with E-state index in [-0.39, 0.29) is 12.5 Å². The second-order valence-corrected chi connectivity index (χ2v) is 6.59. The van der Waals surface area contributed by atoms with E-state index in [9.17, 15) is 9.59 Å². The van der Waals surface area contributed by atoms with Gasteiger partial charge in [-0.1, -0.05) is 78.9 Å². The lowest BCUT2D eigenvalue weighted by atomic mass is 10.1. The number of benzene rings is 3. The van der Waals surface area contributed by atoms with Gasteiger partial charge in [0.15, 0.2) is 0 Å². The van der Waals surface area contributed by atoms with Crippen molar-refractivity contribution < 1.29 is 14.3 Å². The summed E-state index contributed by atoms with van der Waals surface area (Å²) in [6.07, 6.45) is 1.45. The molecule has 0 aromatic heterocycles. The SMILES string of the molecule is O=C(N[C@H](/C=N/NC(=O)c1ccccc1)Cc1ccccc1)OCc1ccccc1. The summed E-state index contributed by atoms with van der Waals surface area (Å²) in [4.78, 5) is 24.4. The van der Waals surface area contributed by atoms with Crippen molar-refractivity contribution in [3.8, 4) is 0 Å². The first-order chi connectivity index (χ1) is 14.7. The number of carbonyl (C=O) groups is 2. The second kappa shape index (κ2) is 11.2. The zero-order valence-electron chi connectivity index (χ0n) is 16.4. The molecule has 0 saturated heterocycles. The van der Waals surface area contributed by atoms with Crippen molar-refractivity contribution in [2.24, 2.45) is 5.10 Å². The van der Waals surface area contributed by atoms with Crippen LogP contribution in [0.5, 0.6) is 0 Å². The fraction of sp³-hybridized carbons (Fsp3) is 0.125. The molecule has 2 N–H and O–H groups in total. The van der Waals surface area contributed by atoms with E-state index in [1.54, 1.807) is 24.3 Å². The summed E-state index contributed by atoms with van der Waals surface area (Å²) < 4.78 is 5.29. The highest BCUT2D eigenvalue weighted by Gasteiger charge is 2.13. The number of nitrogens with one attached hydrogen (secondary N) is 2. The van der Waals surface area contributed by atoms with Crippen molar-refractivity contribution in [3.05, 3.63) is 108 Å². The Hall–Kier alpha value is -3.93. The van der Waals surface area contributed by atoms with E-state index in [0.717, 1.165) is 11.1 Å². The van der Waals surface area contributed by atoms with Crippen LogP contribution in [-0.4, -0.2) is 24.3 Å². The number of hydrazone groups is 1. The van der Waals surface area contributed by atoms with Crippen LogP contribution in [0.4, 0.5) is 4.79 Å². The zero-order valence-corrected chi connectivity index (χ0v) is 16.4. The molecule has 0 aliphatic heterocycles. The van der Waals surface area contributed by atoms with E-state index in [0.29, 0.717) is 12.0 Å². The van der Waals surface area contributed by atoms with Crippen LogP contribution in [0.25, 0.3) is 0 Å². The van der Waals surface area contributed by atoms with E-state index in [2.05, 4.69) is 15.8 Å². The number of hydrogen-bond acceptors (Lipinski definition) is 4. The Kier molecular flexibility index (Phi) is 7.74. The summed E-state index contributed by atoms with van der Waals surface area (Å²) in [5.74, 6) is -0.322. The minimum atomic E-state index is -0.555. The standard InChI is InChI=1S/C24H23N3O3/c28-23(21-14-8-3-9-15-21)27-25-17-22(16-19-10-4-1-5-11-19)26-24(29)30-18-20-12-6-2-7-13-20/h1-15,17,22H,16,18H2,(H,26,29)(H,27,28)/b25-17+/t22-/m0/s1. The van der Waals surface area contributed by atoms with Gasteiger partial charge in [0.05, 0.1) is 6.04 Å². The van der Waals surface area contributed by atoms with Gasteiger partial charge in [0.1, 0.15) is 6.61 Å². The molecular formula is C24H23N3O3. The fourth-order valence-electron chi connectivity index (χ4n) is 2.77. The van der Waals surface area contributed by atoms with Crippen molar-refractivity contribution in [2.75, 3.05) is 0 Å². The first-order valence-electron chi connectivity index (χ1n) is 9.60. The van der Waals surface area contributed by atoms with E-state index in [1.807, 2.05) is 66.7 Å². The molecule has 30 heavy (non-hydrogen) atoms. The van der Waals surface area contributed by atoms with Crippen LogP contribution >= 0.6 is 0 Å². The number of amides is 2. The normalized spacial score (nSPS) is 11.6. The lowest BCUT2D eigenvalue weighted by molar-refractivity contribution is 0.0955. The molecule has 2 amide bonds. The average molecular weight is 401 g/mol. The Morgan fingerprint density at radius 2 is 1.40 bits per heavy atom. The summed E-state index contributed by atoms with van der Waals surface area (Å²) >= 11 is 0. The van der Waals surface area contributed by atoms with Gasteiger partial charge in [0.2, 0.25) is 0 Å². The van der Waals surface area contributed by atoms with Crippen molar-refractivity contribution in [3.63, 3.8) is 0 Å². The van der Waals surface area contributed by atoms with Gasteiger partial charge >= 0.3 is 6.09 Å². The topological polar surface area (TPSA) is 79.8 Å². The van der Waals surface area contributed by atoms with Crippen LogP contribution in [0, 0.1) is 0 Å². The molecule has 0 aliphatic rings. The number of hydrogen-bond donors (Lipinski definition) is 2. The maximum atomic E-state index is 12.3. The molecule has 6 heteroatoms. The van der Waals surface area contributed by atoms with Gasteiger partial charge in [-0.2, -0.15) is 5.10 Å². The van der Waals surface area contributed by atoms with Crippen LogP contribution in [0.15, 0.2) is 96.1 Å². The van der Waals surface area contributed by atoms with Crippen molar-refractivity contribution in [1.82, 2.24) is 10.7 Å². The third-order valence-electron chi connectivity index (χ3n) is 4.27. The number of rotatable bonds is 8. The van der Waals surface area contributed by atoms with Gasteiger partial charge < -0.3 is 10.1 Å². The summed E-state index contributed by atoms with van der Waals surface area (Å²) in [5.41, 5.74) is 4.91. The van der Waals surface area contributed by atoms with Gasteiger partial charge in [-0.05, 0) is 29.7 Å². The molecule has 152 valence electrons. The van der Waals surface area contributed by atoms with E-state index < -0.39 is 12.1 Å². The van der Waals surface area contributed by atoms with E-state index >= 15 is 0 Å². The Labute approximate surface area is 175 Å². The third kappa shape index (κ3) is 6.91. The highest BCUT2D eigenvalue weighted by atomic mass is 16.5. The molecule has 0 spiro atoms. The predicted octanol–water partition coefficient (Wildman–Crippen LogP) is 3.94. The van der Waals surface area contributed by atoms with Gasteiger partial charge in [-0.25, -0.2) is 10.2 Å². The fourth-order valence-corrected chi connectivity index (χ4v) is 2.77. The minimum Gasteiger partial charge on any atom is -0.445 e. The number of carbonyl (C=O) groups excluding carboxylic acids is 2. The summed E-state index contributed by atoms with van der Waals surface area (Å²) in [7, 11) is 0. The van der Waals surface area contributed by atoms with Gasteiger partial charge in [-0.15, -0.1) is 0 Å². The Balaban J connectivity index is 1.59. The molecule has 0 radical (unpaired) electrons. The Bertz CT molecular complexity index is 961. The Morgan fingerprint density at radius 1 is 0.833 bits per heavy atom. The van der Waals surface area contributed by atoms with Crippen molar-refractivity contribution in [1.29, 1.82) is 0 Å². The molecule has 0 saturated carbocycles. The molecule has 0 bridgehead atoms. The lowest BCUT2D eigenvalue weighted by Gasteiger charge is -2.15. The first-order valence-corrected chi connectivity index (χ1v) is 9.60. The van der Waals surface area contributed by atoms with Crippen molar-refractivity contribution in [2.45, 2.75) is 19.1 Å². The van der Waals surface area contributed by atoms with Crippen molar-refractivity contribution >= 4 is 18.2 Å². The monoisotopic (exact) mass is 401 g/mol. The van der Waals surface area contributed by atoms with Crippen LogP contribution in [0.2, 0.25) is 0 Å². The van der Waals surface area contributed by atoms with Crippen LogP contribution in [0.3, 0.4) is 0 Å². The summed E-state index contributed by atoms with van der Waals surface area (Å²) in [6, 6.07) is 27.5. The van der Waals surface area contributed by atoms with Gasteiger partial charge in [0, 0.05) is 11.8 Å². The number of ether oxygens (including phenoxy) is 1. The van der Waals surface area contributed by atoms with Gasteiger partial charge in [0.25, 0.3) is 5.91 Å².